The third-order valence-electron chi connectivity index (χ3n) is 5.90. The van der Waals surface area contributed by atoms with Gasteiger partial charge >= 0.3 is 11.9 Å². The lowest BCUT2D eigenvalue weighted by Gasteiger charge is -2.30. The van der Waals surface area contributed by atoms with Crippen molar-refractivity contribution >= 4 is 35.5 Å². The number of carbonyl (C=O) groups excluding carboxylic acids is 2. The number of esters is 2. The van der Waals surface area contributed by atoms with Gasteiger partial charge < -0.3 is 18.9 Å². The Morgan fingerprint density at radius 3 is 1.38 bits per heavy atom. The summed E-state index contributed by atoms with van der Waals surface area (Å²) >= 11 is 2.95. The fourth-order valence-electron chi connectivity index (χ4n) is 3.47. The molecule has 0 bridgehead atoms. The lowest BCUT2D eigenvalue weighted by atomic mass is 10.2. The van der Waals surface area contributed by atoms with Gasteiger partial charge in [-0.15, -0.1) is 23.5 Å². The fourth-order valence-corrected chi connectivity index (χ4v) is 5.35. The Morgan fingerprint density at radius 1 is 0.643 bits per heavy atom. The third-order valence-corrected chi connectivity index (χ3v) is 8.47. The van der Waals surface area contributed by atoms with Gasteiger partial charge in [-0.2, -0.15) is 0 Å². The molecule has 0 aliphatic heterocycles. The van der Waals surface area contributed by atoms with Gasteiger partial charge in [0.2, 0.25) is 0 Å². The van der Waals surface area contributed by atoms with Gasteiger partial charge in [0.1, 0.15) is 24.7 Å². The number of ether oxygens (including phenoxy) is 4. The summed E-state index contributed by atoms with van der Waals surface area (Å²) in [5.74, 6) is 1.40. The molecule has 2 atom stereocenters. The fraction of sp³-hybridized carbons (Fsp3) is 0.294. The average molecular weight is 607 g/mol. The second-order valence-electron chi connectivity index (χ2n) is 10.2. The number of rotatable bonds is 16. The predicted octanol–water partition coefficient (Wildman–Crippen LogP) is 7.98. The molecule has 3 aromatic rings. The van der Waals surface area contributed by atoms with Gasteiger partial charge in [0.05, 0.1) is 0 Å². The van der Waals surface area contributed by atoms with E-state index in [-0.39, 0.29) is 13.2 Å². The number of benzene rings is 3. The highest BCUT2D eigenvalue weighted by atomic mass is 32.2. The summed E-state index contributed by atoms with van der Waals surface area (Å²) in [5, 5.41) is 0. The van der Waals surface area contributed by atoms with E-state index in [4.69, 9.17) is 18.9 Å². The van der Waals surface area contributed by atoms with Gasteiger partial charge in [0.15, 0.2) is 9.87 Å². The van der Waals surface area contributed by atoms with E-state index in [2.05, 4.69) is 13.2 Å². The normalized spacial score (nSPS) is 13.6. The van der Waals surface area contributed by atoms with E-state index in [1.807, 2.05) is 80.6 Å². The first kappa shape index (κ1) is 32.9. The van der Waals surface area contributed by atoms with Crippen LogP contribution in [0, 0.1) is 0 Å². The molecule has 0 fully saturated rings. The molecular weight excluding hydrogens is 569 g/mol. The monoisotopic (exact) mass is 606 g/mol. The molecule has 0 aromatic heterocycles. The Kier molecular flexibility index (Phi) is 12.2. The summed E-state index contributed by atoms with van der Waals surface area (Å²) in [6.45, 7) is 14.5. The Morgan fingerprint density at radius 2 is 1.02 bits per heavy atom. The van der Waals surface area contributed by atoms with Crippen molar-refractivity contribution in [3.05, 3.63) is 120 Å². The van der Waals surface area contributed by atoms with E-state index in [0.717, 1.165) is 11.1 Å². The van der Waals surface area contributed by atoms with Crippen molar-refractivity contribution in [2.24, 2.45) is 0 Å². The molecule has 0 aliphatic carbocycles. The summed E-state index contributed by atoms with van der Waals surface area (Å²) in [4.78, 5) is 22.9. The van der Waals surface area contributed by atoms with Crippen molar-refractivity contribution in [2.45, 2.75) is 49.1 Å². The Labute approximate surface area is 257 Å². The molecule has 0 N–H and O–H groups in total. The second kappa shape index (κ2) is 15.6. The summed E-state index contributed by atoms with van der Waals surface area (Å²) in [6.07, 6.45) is 0. The van der Waals surface area contributed by atoms with Crippen molar-refractivity contribution in [1.82, 2.24) is 0 Å². The molecule has 6 nitrogen and oxygen atoms in total. The summed E-state index contributed by atoms with van der Waals surface area (Å²) in [7, 11) is 0. The molecule has 0 spiro atoms. The largest absolute Gasteiger partial charge is 0.488 e. The van der Waals surface area contributed by atoms with Crippen LogP contribution in [-0.2, 0) is 30.6 Å². The predicted molar refractivity (Wildman–Crippen MR) is 172 cm³/mol. The minimum Gasteiger partial charge on any atom is -0.488 e. The van der Waals surface area contributed by atoms with Gasteiger partial charge in [-0.3, -0.25) is 0 Å². The molecule has 8 heteroatoms. The standard InChI is InChI=1S/C34H38O6S2/c1-25(2)31(35)39-33(5,41-21-27-14-9-7-10-15-27)23-37-29-18-13-19-30(20-29)38-24-34(6,40-32(36)26(3)4)42-22-28-16-11-8-12-17-28/h7-20H,1,3,21-24H2,2,4-6H3. The van der Waals surface area contributed by atoms with E-state index in [0.29, 0.717) is 34.2 Å². The number of carbonyl (C=O) groups is 2. The van der Waals surface area contributed by atoms with Crippen LogP contribution < -0.4 is 9.47 Å². The van der Waals surface area contributed by atoms with Crippen LogP contribution in [0.3, 0.4) is 0 Å². The van der Waals surface area contributed by atoms with Gasteiger partial charge in [-0.1, -0.05) is 79.9 Å². The van der Waals surface area contributed by atoms with Crippen LogP contribution >= 0.6 is 23.5 Å². The molecule has 0 saturated heterocycles. The molecule has 42 heavy (non-hydrogen) atoms. The van der Waals surface area contributed by atoms with Crippen LogP contribution in [0.5, 0.6) is 11.5 Å². The van der Waals surface area contributed by atoms with E-state index < -0.39 is 21.8 Å². The van der Waals surface area contributed by atoms with Gasteiger partial charge in [0, 0.05) is 28.7 Å². The average Bonchev–Trinajstić information content (AvgIpc) is 2.98. The zero-order valence-corrected chi connectivity index (χ0v) is 26.2. The maximum atomic E-state index is 12.4. The minimum atomic E-state index is -0.966. The van der Waals surface area contributed by atoms with Gasteiger partial charge in [-0.05, 0) is 51.0 Å². The highest BCUT2D eigenvalue weighted by Gasteiger charge is 2.32. The Bertz CT molecular complexity index is 1260. The van der Waals surface area contributed by atoms with Crippen molar-refractivity contribution in [3.63, 3.8) is 0 Å². The van der Waals surface area contributed by atoms with Crippen LogP contribution in [0.15, 0.2) is 109 Å². The van der Waals surface area contributed by atoms with Crippen molar-refractivity contribution < 1.29 is 28.5 Å². The molecule has 222 valence electrons. The van der Waals surface area contributed by atoms with E-state index >= 15 is 0 Å². The number of hydrogen-bond donors (Lipinski definition) is 0. The minimum absolute atomic E-state index is 0.105. The third kappa shape index (κ3) is 11.0. The lowest BCUT2D eigenvalue weighted by molar-refractivity contribution is -0.148. The van der Waals surface area contributed by atoms with Crippen LogP contribution in [0.1, 0.15) is 38.8 Å². The quantitative estimate of drug-likeness (QED) is 0.0923. The zero-order chi connectivity index (χ0) is 30.6. The van der Waals surface area contributed by atoms with Crippen LogP contribution in [0.2, 0.25) is 0 Å². The first-order chi connectivity index (χ1) is 20.0. The highest BCUT2D eigenvalue weighted by molar-refractivity contribution is 8.00. The maximum absolute atomic E-state index is 12.4. The second-order valence-corrected chi connectivity index (χ2v) is 13.1. The molecule has 3 rings (SSSR count). The molecular formula is C34H38O6S2. The van der Waals surface area contributed by atoms with E-state index in [1.54, 1.807) is 32.0 Å². The summed E-state index contributed by atoms with van der Waals surface area (Å²) < 4.78 is 23.8. The Hall–Kier alpha value is -3.62. The van der Waals surface area contributed by atoms with Gasteiger partial charge in [0.25, 0.3) is 0 Å². The lowest BCUT2D eigenvalue weighted by Crippen LogP contribution is -2.35. The smallest absolute Gasteiger partial charge is 0.334 e. The highest BCUT2D eigenvalue weighted by Crippen LogP contribution is 2.34. The van der Waals surface area contributed by atoms with E-state index in [9.17, 15) is 9.59 Å². The molecule has 0 heterocycles. The Balaban J connectivity index is 1.67. The molecule has 0 amide bonds. The molecule has 0 radical (unpaired) electrons. The molecule has 2 unspecified atom stereocenters. The van der Waals surface area contributed by atoms with Gasteiger partial charge in [-0.25, -0.2) is 9.59 Å². The summed E-state index contributed by atoms with van der Waals surface area (Å²) in [5.41, 5.74) is 2.85. The van der Waals surface area contributed by atoms with Crippen molar-refractivity contribution in [1.29, 1.82) is 0 Å². The van der Waals surface area contributed by atoms with Crippen molar-refractivity contribution in [2.75, 3.05) is 13.2 Å². The molecule has 0 aliphatic rings. The van der Waals surface area contributed by atoms with Crippen LogP contribution in [-0.4, -0.2) is 35.0 Å². The van der Waals surface area contributed by atoms with E-state index in [1.165, 1.54) is 23.5 Å². The van der Waals surface area contributed by atoms with Crippen LogP contribution in [0.4, 0.5) is 0 Å². The zero-order valence-electron chi connectivity index (χ0n) is 24.6. The first-order valence-corrected chi connectivity index (χ1v) is 15.4. The van der Waals surface area contributed by atoms with Crippen molar-refractivity contribution in [3.8, 4) is 11.5 Å². The topological polar surface area (TPSA) is 71.1 Å². The maximum Gasteiger partial charge on any atom is 0.334 e. The number of thioether (sulfide) groups is 2. The number of hydrogen-bond acceptors (Lipinski definition) is 8. The first-order valence-electron chi connectivity index (χ1n) is 13.5. The molecule has 3 aromatic carbocycles. The van der Waals surface area contributed by atoms with Crippen LogP contribution in [0.25, 0.3) is 0 Å². The molecule has 0 saturated carbocycles. The summed E-state index contributed by atoms with van der Waals surface area (Å²) in [6, 6.07) is 27.1. The SMILES string of the molecule is C=C(C)C(=O)OC(C)(COc1cccc(OCC(C)(OC(=O)C(=C)C)SCc2ccccc2)c1)SCc1ccccc1.